The summed E-state index contributed by atoms with van der Waals surface area (Å²) in [6, 6.07) is 6.61. The van der Waals surface area contributed by atoms with Gasteiger partial charge in [-0.3, -0.25) is 15.0 Å². The van der Waals surface area contributed by atoms with Crippen molar-refractivity contribution in [3.63, 3.8) is 0 Å². The van der Waals surface area contributed by atoms with Crippen LogP contribution in [0.1, 0.15) is 42.9 Å². The number of aromatic nitrogens is 1. The van der Waals surface area contributed by atoms with Gasteiger partial charge in [-0.05, 0) is 68.1 Å². The Balaban J connectivity index is 1.42. The standard InChI is InChI=1S/C28H34F3N5O4/c1-40-19-2-3-23-20(14-19)25(17(15-32)16-34-23)24(37)4-5-28(27(38)35-39)6-9-36(10-7-28)11-8-33-26-21(30)12-18(29)13-22(26)31/h2-3,12-14,16,24,33,37,39H,4-11,15,32H2,1H3,(H,35,38). The molecular formula is C28H34F3N5O4. The molecule has 1 saturated heterocycles. The summed E-state index contributed by atoms with van der Waals surface area (Å²) >= 11 is 0. The molecule has 216 valence electrons. The fraction of sp³-hybridized carbons (Fsp3) is 0.429. The van der Waals surface area contributed by atoms with Crippen LogP contribution in [0.25, 0.3) is 10.9 Å². The Hall–Kier alpha value is -3.45. The number of anilines is 1. The molecule has 2 heterocycles. The third kappa shape index (κ3) is 6.30. The largest absolute Gasteiger partial charge is 0.497 e. The normalized spacial score (nSPS) is 16.1. The van der Waals surface area contributed by atoms with Crippen LogP contribution < -0.4 is 21.3 Å². The van der Waals surface area contributed by atoms with Gasteiger partial charge in [0.05, 0.1) is 24.1 Å². The van der Waals surface area contributed by atoms with E-state index >= 15 is 0 Å². The lowest BCUT2D eigenvalue weighted by atomic mass is 9.73. The van der Waals surface area contributed by atoms with Crippen molar-refractivity contribution >= 4 is 22.5 Å². The second-order valence-electron chi connectivity index (χ2n) is 10.1. The summed E-state index contributed by atoms with van der Waals surface area (Å²) in [6.45, 7) is 1.79. The lowest BCUT2D eigenvalue weighted by molar-refractivity contribution is -0.143. The number of aliphatic hydroxyl groups is 1. The zero-order valence-electron chi connectivity index (χ0n) is 22.2. The Bertz CT molecular complexity index is 1320. The Morgan fingerprint density at radius 2 is 1.90 bits per heavy atom. The second kappa shape index (κ2) is 12.8. The molecule has 12 heteroatoms. The van der Waals surface area contributed by atoms with Gasteiger partial charge in [0.25, 0.3) is 0 Å². The third-order valence-electron chi connectivity index (χ3n) is 7.78. The first-order valence-corrected chi connectivity index (χ1v) is 13.1. The number of likely N-dealkylation sites (tertiary alicyclic amines) is 1. The number of benzene rings is 2. The molecule has 40 heavy (non-hydrogen) atoms. The number of halogens is 3. The molecule has 0 radical (unpaired) electrons. The summed E-state index contributed by atoms with van der Waals surface area (Å²) in [5, 5.41) is 24.2. The Labute approximate surface area is 230 Å². The minimum Gasteiger partial charge on any atom is -0.497 e. The van der Waals surface area contributed by atoms with Crippen LogP contribution in [0.2, 0.25) is 0 Å². The zero-order valence-corrected chi connectivity index (χ0v) is 22.2. The first-order valence-electron chi connectivity index (χ1n) is 13.1. The highest BCUT2D eigenvalue weighted by Crippen LogP contribution is 2.40. The molecule has 0 spiro atoms. The van der Waals surface area contributed by atoms with Crippen LogP contribution in [-0.2, 0) is 11.3 Å². The SMILES string of the molecule is COc1ccc2ncc(CN)c(C(O)CCC3(C(=O)NO)CCN(CCNc4c(F)cc(F)cc4F)CC3)c2c1. The van der Waals surface area contributed by atoms with E-state index in [0.29, 0.717) is 78.8 Å². The highest BCUT2D eigenvalue weighted by atomic mass is 19.1. The summed E-state index contributed by atoms with van der Waals surface area (Å²) in [4.78, 5) is 19.3. The Kier molecular flexibility index (Phi) is 9.46. The van der Waals surface area contributed by atoms with Gasteiger partial charge in [0.2, 0.25) is 5.91 Å². The van der Waals surface area contributed by atoms with E-state index in [-0.39, 0.29) is 25.2 Å². The molecule has 1 aliphatic heterocycles. The third-order valence-corrected chi connectivity index (χ3v) is 7.78. The molecule has 1 aromatic heterocycles. The number of nitrogens with one attached hydrogen (secondary N) is 2. The number of pyridine rings is 1. The Morgan fingerprint density at radius 1 is 1.20 bits per heavy atom. The number of aliphatic hydroxyl groups excluding tert-OH is 1. The van der Waals surface area contributed by atoms with E-state index in [2.05, 4.69) is 10.3 Å². The van der Waals surface area contributed by atoms with Crippen LogP contribution in [-0.4, -0.2) is 59.4 Å². The van der Waals surface area contributed by atoms with Gasteiger partial charge >= 0.3 is 0 Å². The number of amides is 1. The number of carbonyl (C=O) groups is 1. The highest BCUT2D eigenvalue weighted by molar-refractivity contribution is 5.85. The van der Waals surface area contributed by atoms with Crippen molar-refractivity contribution in [1.82, 2.24) is 15.4 Å². The molecule has 0 aliphatic carbocycles. The second-order valence-corrected chi connectivity index (χ2v) is 10.1. The van der Waals surface area contributed by atoms with Gasteiger partial charge in [-0.15, -0.1) is 0 Å². The molecule has 4 rings (SSSR count). The van der Waals surface area contributed by atoms with E-state index in [4.69, 9.17) is 10.5 Å². The molecule has 1 fully saturated rings. The van der Waals surface area contributed by atoms with Gasteiger partial charge in [-0.2, -0.15) is 0 Å². The van der Waals surface area contributed by atoms with Crippen LogP contribution in [0.4, 0.5) is 18.9 Å². The summed E-state index contributed by atoms with van der Waals surface area (Å²) in [7, 11) is 1.55. The van der Waals surface area contributed by atoms with E-state index in [1.165, 1.54) is 0 Å². The summed E-state index contributed by atoms with van der Waals surface area (Å²) < 4.78 is 46.3. The highest BCUT2D eigenvalue weighted by Gasteiger charge is 2.41. The van der Waals surface area contributed by atoms with Crippen LogP contribution in [0.3, 0.4) is 0 Å². The van der Waals surface area contributed by atoms with Gasteiger partial charge in [0, 0.05) is 43.4 Å². The van der Waals surface area contributed by atoms with Crippen molar-refractivity contribution in [2.24, 2.45) is 11.1 Å². The maximum atomic E-state index is 13.9. The van der Waals surface area contributed by atoms with E-state index in [1.807, 2.05) is 4.90 Å². The van der Waals surface area contributed by atoms with Crippen molar-refractivity contribution in [3.8, 4) is 5.75 Å². The van der Waals surface area contributed by atoms with Crippen molar-refractivity contribution < 1.29 is 33.0 Å². The summed E-state index contributed by atoms with van der Waals surface area (Å²) in [5.41, 5.74) is 8.43. The van der Waals surface area contributed by atoms with Gasteiger partial charge in [0.1, 0.15) is 17.3 Å². The fourth-order valence-electron chi connectivity index (χ4n) is 5.44. The maximum absolute atomic E-state index is 13.9. The van der Waals surface area contributed by atoms with Crippen molar-refractivity contribution in [1.29, 1.82) is 0 Å². The first kappa shape index (κ1) is 29.5. The van der Waals surface area contributed by atoms with E-state index in [0.717, 1.165) is 0 Å². The molecule has 6 N–H and O–H groups in total. The van der Waals surface area contributed by atoms with Gasteiger partial charge < -0.3 is 25.8 Å². The number of fused-ring (bicyclic) bond motifs is 1. The van der Waals surface area contributed by atoms with Gasteiger partial charge in [0.15, 0.2) is 11.6 Å². The summed E-state index contributed by atoms with van der Waals surface area (Å²) in [5.74, 6) is -2.91. The number of ether oxygens (including phenoxy) is 1. The predicted octanol–water partition coefficient (Wildman–Crippen LogP) is 3.63. The van der Waals surface area contributed by atoms with E-state index in [1.54, 1.807) is 37.0 Å². The molecule has 9 nitrogen and oxygen atoms in total. The smallest absolute Gasteiger partial charge is 0.249 e. The molecule has 3 aromatic rings. The molecule has 0 bridgehead atoms. The molecular weight excluding hydrogens is 527 g/mol. The molecule has 0 saturated carbocycles. The van der Waals surface area contributed by atoms with Crippen LogP contribution in [0, 0.1) is 22.9 Å². The first-order chi connectivity index (χ1) is 19.2. The maximum Gasteiger partial charge on any atom is 0.249 e. The molecule has 1 amide bonds. The number of hydrogen-bond acceptors (Lipinski definition) is 8. The van der Waals surface area contributed by atoms with Crippen molar-refractivity contribution in [2.45, 2.75) is 38.3 Å². The van der Waals surface area contributed by atoms with Crippen molar-refractivity contribution in [3.05, 3.63) is 65.1 Å². The number of piperidine rings is 1. The number of carbonyl (C=O) groups excluding carboxylic acids is 1. The van der Waals surface area contributed by atoms with Crippen molar-refractivity contribution in [2.75, 3.05) is 38.6 Å². The fourth-order valence-corrected chi connectivity index (χ4v) is 5.44. The van der Waals surface area contributed by atoms with Crippen LogP contribution in [0.15, 0.2) is 36.5 Å². The molecule has 1 atom stereocenters. The number of hydrogen-bond donors (Lipinski definition) is 5. The number of rotatable bonds is 11. The van der Waals surface area contributed by atoms with Crippen LogP contribution >= 0.6 is 0 Å². The number of methoxy groups -OCH3 is 1. The lowest BCUT2D eigenvalue weighted by Gasteiger charge is -2.40. The topological polar surface area (TPSA) is 133 Å². The average Bonchev–Trinajstić information content (AvgIpc) is 2.96. The monoisotopic (exact) mass is 561 g/mol. The minimum atomic E-state index is -1.01. The average molecular weight is 562 g/mol. The summed E-state index contributed by atoms with van der Waals surface area (Å²) in [6.07, 6.45) is 2.04. The number of nitrogens with two attached hydrogens (primary N) is 1. The lowest BCUT2D eigenvalue weighted by Crippen LogP contribution is -2.49. The molecule has 1 aliphatic rings. The van der Waals surface area contributed by atoms with Crippen LogP contribution in [0.5, 0.6) is 5.75 Å². The van der Waals surface area contributed by atoms with Gasteiger partial charge in [-0.1, -0.05) is 0 Å². The Morgan fingerprint density at radius 3 is 2.52 bits per heavy atom. The van der Waals surface area contributed by atoms with Gasteiger partial charge in [-0.25, -0.2) is 18.7 Å². The molecule has 1 unspecified atom stereocenters. The predicted molar refractivity (Wildman–Crippen MR) is 143 cm³/mol. The quantitative estimate of drug-likeness (QED) is 0.177. The number of hydroxylamine groups is 1. The minimum absolute atomic E-state index is 0.170. The van der Waals surface area contributed by atoms with E-state index < -0.39 is 34.9 Å². The zero-order chi connectivity index (χ0) is 28.9. The molecule has 2 aromatic carbocycles. The van der Waals surface area contributed by atoms with E-state index in [9.17, 15) is 28.3 Å². The number of nitrogens with zero attached hydrogens (tertiary/aromatic N) is 2.